The van der Waals surface area contributed by atoms with E-state index in [-0.39, 0.29) is 5.91 Å². The van der Waals surface area contributed by atoms with Gasteiger partial charge < -0.3 is 5.32 Å². The van der Waals surface area contributed by atoms with E-state index in [0.717, 1.165) is 0 Å². The number of benzene rings is 1. The van der Waals surface area contributed by atoms with Crippen LogP contribution in [0, 0.1) is 6.92 Å². The normalized spacial score (nSPS) is 10.0. The molecule has 0 atom stereocenters. The van der Waals surface area contributed by atoms with E-state index in [1.54, 1.807) is 31.2 Å². The van der Waals surface area contributed by atoms with E-state index in [1.807, 2.05) is 0 Å². The van der Waals surface area contributed by atoms with E-state index in [2.05, 4.69) is 15.3 Å². The maximum absolute atomic E-state index is 11.9. The summed E-state index contributed by atoms with van der Waals surface area (Å²) < 4.78 is 0. The number of rotatable bonds is 2. The van der Waals surface area contributed by atoms with Gasteiger partial charge in [0.15, 0.2) is 0 Å². The van der Waals surface area contributed by atoms with E-state index in [0.29, 0.717) is 22.0 Å². The van der Waals surface area contributed by atoms with E-state index in [1.165, 1.54) is 12.5 Å². The van der Waals surface area contributed by atoms with Crippen molar-refractivity contribution in [3.8, 4) is 0 Å². The van der Waals surface area contributed by atoms with Gasteiger partial charge in [0.1, 0.15) is 6.33 Å². The van der Waals surface area contributed by atoms with Gasteiger partial charge in [-0.15, -0.1) is 0 Å². The average molecular weight is 248 g/mol. The molecule has 1 N–H and O–H groups in total. The van der Waals surface area contributed by atoms with Crippen LogP contribution < -0.4 is 5.32 Å². The molecule has 4 nitrogen and oxygen atoms in total. The Morgan fingerprint density at radius 2 is 2.12 bits per heavy atom. The van der Waals surface area contributed by atoms with Gasteiger partial charge in [-0.05, 0) is 19.1 Å². The fraction of sp³-hybridized carbons (Fsp3) is 0.0833. The van der Waals surface area contributed by atoms with Gasteiger partial charge in [-0.25, -0.2) is 9.97 Å². The largest absolute Gasteiger partial charge is 0.321 e. The SMILES string of the molecule is Cc1ncncc1C(=O)Nc1ccccc1Cl. The Bertz CT molecular complexity index is 557. The van der Waals surface area contributed by atoms with E-state index >= 15 is 0 Å². The molecule has 0 saturated carbocycles. The predicted octanol–water partition coefficient (Wildman–Crippen LogP) is 2.69. The van der Waals surface area contributed by atoms with Crippen LogP contribution in [-0.2, 0) is 0 Å². The fourth-order valence-corrected chi connectivity index (χ4v) is 1.55. The number of halogens is 1. The minimum Gasteiger partial charge on any atom is -0.321 e. The number of para-hydroxylation sites is 1. The Kier molecular flexibility index (Phi) is 3.35. The molecule has 1 heterocycles. The summed E-state index contributed by atoms with van der Waals surface area (Å²) in [5.41, 5.74) is 1.64. The lowest BCUT2D eigenvalue weighted by Gasteiger charge is -2.07. The summed E-state index contributed by atoms with van der Waals surface area (Å²) in [7, 11) is 0. The lowest BCUT2D eigenvalue weighted by atomic mass is 10.2. The third-order valence-corrected chi connectivity index (χ3v) is 2.61. The third kappa shape index (κ3) is 2.60. The molecule has 0 bridgehead atoms. The predicted molar refractivity (Wildman–Crippen MR) is 66.2 cm³/mol. The quantitative estimate of drug-likeness (QED) is 0.888. The molecular formula is C12H10ClN3O. The van der Waals surface area contributed by atoms with Crippen LogP contribution >= 0.6 is 11.6 Å². The first kappa shape index (κ1) is 11.5. The molecule has 0 aliphatic carbocycles. The minimum absolute atomic E-state index is 0.267. The van der Waals surface area contributed by atoms with Crippen LogP contribution in [0.3, 0.4) is 0 Å². The Morgan fingerprint density at radius 1 is 1.35 bits per heavy atom. The second-order valence-corrected chi connectivity index (χ2v) is 3.86. The lowest BCUT2D eigenvalue weighted by Crippen LogP contribution is -2.14. The van der Waals surface area contributed by atoms with Crippen molar-refractivity contribution in [1.82, 2.24) is 9.97 Å². The molecule has 0 fully saturated rings. The smallest absolute Gasteiger partial charge is 0.259 e. The Labute approximate surface area is 104 Å². The van der Waals surface area contributed by atoms with Gasteiger partial charge in [-0.2, -0.15) is 0 Å². The molecule has 86 valence electrons. The van der Waals surface area contributed by atoms with Gasteiger partial charge in [0.25, 0.3) is 5.91 Å². The molecule has 1 amide bonds. The number of nitrogens with zero attached hydrogens (tertiary/aromatic N) is 2. The summed E-state index contributed by atoms with van der Waals surface area (Å²) in [6.07, 6.45) is 2.89. The highest BCUT2D eigenvalue weighted by Crippen LogP contribution is 2.21. The monoisotopic (exact) mass is 247 g/mol. The summed E-state index contributed by atoms with van der Waals surface area (Å²) in [4.78, 5) is 19.7. The van der Waals surface area contributed by atoms with Crippen molar-refractivity contribution >= 4 is 23.2 Å². The van der Waals surface area contributed by atoms with Crippen LogP contribution in [0.1, 0.15) is 16.1 Å². The fourth-order valence-electron chi connectivity index (χ4n) is 1.37. The van der Waals surface area contributed by atoms with Crippen LogP contribution in [0.25, 0.3) is 0 Å². The first-order valence-electron chi connectivity index (χ1n) is 5.01. The van der Waals surface area contributed by atoms with Crippen molar-refractivity contribution in [2.24, 2.45) is 0 Å². The number of anilines is 1. The van der Waals surface area contributed by atoms with Gasteiger partial charge >= 0.3 is 0 Å². The van der Waals surface area contributed by atoms with Crippen molar-refractivity contribution in [2.75, 3.05) is 5.32 Å². The van der Waals surface area contributed by atoms with Crippen molar-refractivity contribution in [2.45, 2.75) is 6.92 Å². The Hall–Kier alpha value is -1.94. The van der Waals surface area contributed by atoms with Gasteiger partial charge in [-0.1, -0.05) is 23.7 Å². The zero-order chi connectivity index (χ0) is 12.3. The Balaban J connectivity index is 2.24. The number of hydrogen-bond donors (Lipinski definition) is 1. The van der Waals surface area contributed by atoms with E-state index < -0.39 is 0 Å². The van der Waals surface area contributed by atoms with Crippen LogP contribution in [0.2, 0.25) is 5.02 Å². The molecule has 0 aliphatic heterocycles. The number of aromatic nitrogens is 2. The highest BCUT2D eigenvalue weighted by Gasteiger charge is 2.11. The molecule has 0 aliphatic rings. The molecular weight excluding hydrogens is 238 g/mol. The molecule has 2 rings (SSSR count). The number of hydrogen-bond acceptors (Lipinski definition) is 3. The standard InChI is InChI=1S/C12H10ClN3O/c1-8-9(6-14-7-15-8)12(17)16-11-5-3-2-4-10(11)13/h2-7H,1H3,(H,16,17). The topological polar surface area (TPSA) is 54.9 Å². The number of amides is 1. The lowest BCUT2D eigenvalue weighted by molar-refractivity contribution is 0.102. The average Bonchev–Trinajstić information content (AvgIpc) is 2.32. The molecule has 17 heavy (non-hydrogen) atoms. The number of aryl methyl sites for hydroxylation is 1. The van der Waals surface area contributed by atoms with Crippen LogP contribution in [0.4, 0.5) is 5.69 Å². The third-order valence-electron chi connectivity index (χ3n) is 2.28. The summed E-state index contributed by atoms with van der Waals surface area (Å²) >= 11 is 5.95. The maximum atomic E-state index is 11.9. The highest BCUT2D eigenvalue weighted by atomic mass is 35.5. The van der Waals surface area contributed by atoms with Crippen molar-refractivity contribution in [3.05, 3.63) is 53.1 Å². The summed E-state index contributed by atoms with van der Waals surface area (Å²) in [6.45, 7) is 1.75. The van der Waals surface area contributed by atoms with Crippen LogP contribution in [0.15, 0.2) is 36.8 Å². The maximum Gasteiger partial charge on any atom is 0.259 e. The molecule has 1 aromatic carbocycles. The zero-order valence-corrected chi connectivity index (χ0v) is 9.90. The molecule has 0 spiro atoms. The van der Waals surface area contributed by atoms with Gasteiger partial charge in [0, 0.05) is 6.20 Å². The minimum atomic E-state index is -0.267. The first-order valence-corrected chi connectivity index (χ1v) is 5.39. The van der Waals surface area contributed by atoms with Crippen molar-refractivity contribution in [1.29, 1.82) is 0 Å². The number of nitrogens with one attached hydrogen (secondary N) is 1. The molecule has 1 aromatic heterocycles. The Morgan fingerprint density at radius 3 is 2.82 bits per heavy atom. The van der Waals surface area contributed by atoms with Crippen LogP contribution in [0.5, 0.6) is 0 Å². The summed E-state index contributed by atoms with van der Waals surface area (Å²) in [5.74, 6) is -0.267. The summed E-state index contributed by atoms with van der Waals surface area (Å²) in [6, 6.07) is 7.05. The molecule has 0 saturated heterocycles. The summed E-state index contributed by atoms with van der Waals surface area (Å²) in [5, 5.41) is 3.21. The molecule has 0 radical (unpaired) electrons. The van der Waals surface area contributed by atoms with E-state index in [9.17, 15) is 4.79 Å². The van der Waals surface area contributed by atoms with E-state index in [4.69, 9.17) is 11.6 Å². The van der Waals surface area contributed by atoms with Crippen LogP contribution in [-0.4, -0.2) is 15.9 Å². The van der Waals surface area contributed by atoms with Gasteiger partial charge in [0.05, 0.1) is 22.0 Å². The first-order chi connectivity index (χ1) is 8.18. The number of carbonyl (C=O) groups is 1. The van der Waals surface area contributed by atoms with Gasteiger partial charge in [-0.3, -0.25) is 4.79 Å². The zero-order valence-electron chi connectivity index (χ0n) is 9.14. The highest BCUT2D eigenvalue weighted by molar-refractivity contribution is 6.33. The second kappa shape index (κ2) is 4.93. The molecule has 5 heteroatoms. The van der Waals surface area contributed by atoms with Gasteiger partial charge in [0.2, 0.25) is 0 Å². The number of carbonyl (C=O) groups excluding carboxylic acids is 1. The van der Waals surface area contributed by atoms with Crippen molar-refractivity contribution < 1.29 is 4.79 Å². The molecule has 0 unspecified atom stereocenters. The van der Waals surface area contributed by atoms with Crippen molar-refractivity contribution in [3.63, 3.8) is 0 Å². The molecule has 2 aromatic rings. The second-order valence-electron chi connectivity index (χ2n) is 3.46.